The van der Waals surface area contributed by atoms with Crippen LogP contribution in [0.15, 0.2) is 77.3 Å². The van der Waals surface area contributed by atoms with Crippen molar-refractivity contribution < 1.29 is 13.9 Å². The average molecular weight is 508 g/mol. The lowest BCUT2D eigenvalue weighted by atomic mass is 10.0. The summed E-state index contributed by atoms with van der Waals surface area (Å²) in [5, 5.41) is 5.90. The Hall–Kier alpha value is -4.01. The molecular formula is C30H29N5O3. The lowest BCUT2D eigenvalue weighted by Crippen LogP contribution is -2.50. The predicted octanol–water partition coefficient (Wildman–Crippen LogP) is 4.75. The summed E-state index contributed by atoms with van der Waals surface area (Å²) in [7, 11) is 0. The Labute approximate surface area is 220 Å². The third kappa shape index (κ3) is 4.25. The Bertz CT molecular complexity index is 1560. The van der Waals surface area contributed by atoms with E-state index in [2.05, 4.69) is 9.88 Å². The Balaban J connectivity index is 1.08. The fourth-order valence-electron chi connectivity index (χ4n) is 5.65. The van der Waals surface area contributed by atoms with Crippen LogP contribution in [0.3, 0.4) is 0 Å². The molecule has 1 amide bonds. The van der Waals surface area contributed by atoms with Gasteiger partial charge in [-0.25, -0.2) is 9.50 Å². The van der Waals surface area contributed by atoms with Gasteiger partial charge in [0.2, 0.25) is 0 Å². The minimum Gasteiger partial charge on any atom is -0.454 e. The van der Waals surface area contributed by atoms with Crippen LogP contribution in [0, 0.1) is 0 Å². The standard InChI is InChI=1S/C30H29N5O3/c36-30(34-13-11-24(12-14-34)33-15-17-37-18-16-33)22-7-5-21(6-8-22)25-9-10-29-31-20-26(35(29)32-25)28-19-23-3-1-2-4-27(23)38-28/h1-10,19-20,24H,11-18H2. The van der Waals surface area contributed by atoms with Crippen LogP contribution >= 0.6 is 0 Å². The quantitative estimate of drug-likeness (QED) is 0.350. The fourth-order valence-corrected chi connectivity index (χ4v) is 5.65. The highest BCUT2D eigenvalue weighted by atomic mass is 16.5. The first kappa shape index (κ1) is 23.1. The number of carbonyl (C=O) groups is 1. The van der Waals surface area contributed by atoms with Crippen LogP contribution in [-0.2, 0) is 4.74 Å². The molecular weight excluding hydrogens is 478 g/mol. The fraction of sp³-hybridized carbons (Fsp3) is 0.300. The summed E-state index contributed by atoms with van der Waals surface area (Å²) in [5.41, 5.74) is 4.84. The number of aromatic nitrogens is 3. The molecule has 8 heteroatoms. The molecule has 3 aromatic heterocycles. The number of ether oxygens (including phenoxy) is 1. The molecule has 0 unspecified atom stereocenters. The van der Waals surface area contributed by atoms with Crippen molar-refractivity contribution in [3.63, 3.8) is 0 Å². The molecule has 192 valence electrons. The van der Waals surface area contributed by atoms with Gasteiger partial charge in [-0.2, -0.15) is 5.10 Å². The van der Waals surface area contributed by atoms with Crippen molar-refractivity contribution in [3.8, 4) is 22.7 Å². The van der Waals surface area contributed by atoms with Gasteiger partial charge in [0.25, 0.3) is 5.91 Å². The zero-order valence-electron chi connectivity index (χ0n) is 21.1. The van der Waals surface area contributed by atoms with Gasteiger partial charge in [0.15, 0.2) is 11.4 Å². The molecule has 5 aromatic rings. The number of imidazole rings is 1. The number of fused-ring (bicyclic) bond motifs is 2. The first-order valence-corrected chi connectivity index (χ1v) is 13.3. The molecule has 2 fully saturated rings. The highest BCUT2D eigenvalue weighted by molar-refractivity contribution is 5.94. The zero-order chi connectivity index (χ0) is 25.5. The largest absolute Gasteiger partial charge is 0.454 e. The maximum atomic E-state index is 13.2. The van der Waals surface area contributed by atoms with Gasteiger partial charge >= 0.3 is 0 Å². The van der Waals surface area contributed by atoms with Gasteiger partial charge in [0, 0.05) is 48.7 Å². The van der Waals surface area contributed by atoms with Gasteiger partial charge in [-0.1, -0.05) is 30.3 Å². The first-order chi connectivity index (χ1) is 18.7. The highest BCUT2D eigenvalue weighted by Gasteiger charge is 2.28. The van der Waals surface area contributed by atoms with E-state index in [0.717, 1.165) is 91.6 Å². The lowest BCUT2D eigenvalue weighted by Gasteiger charge is -2.40. The number of piperidine rings is 1. The number of hydrogen-bond donors (Lipinski definition) is 0. The van der Waals surface area contributed by atoms with E-state index in [1.807, 2.05) is 76.1 Å². The van der Waals surface area contributed by atoms with Crippen molar-refractivity contribution in [2.75, 3.05) is 39.4 Å². The van der Waals surface area contributed by atoms with Crippen molar-refractivity contribution in [1.29, 1.82) is 0 Å². The minimum absolute atomic E-state index is 0.0992. The molecule has 0 N–H and O–H groups in total. The number of amides is 1. The summed E-state index contributed by atoms with van der Waals surface area (Å²) in [6.07, 6.45) is 3.83. The van der Waals surface area contributed by atoms with E-state index >= 15 is 0 Å². The van der Waals surface area contributed by atoms with E-state index in [1.54, 1.807) is 6.20 Å². The van der Waals surface area contributed by atoms with E-state index in [9.17, 15) is 4.79 Å². The van der Waals surface area contributed by atoms with Gasteiger partial charge < -0.3 is 14.1 Å². The Kier molecular flexibility index (Phi) is 5.91. The van der Waals surface area contributed by atoms with Crippen LogP contribution in [0.2, 0.25) is 0 Å². The maximum absolute atomic E-state index is 13.2. The molecule has 7 rings (SSSR count). The summed E-state index contributed by atoms with van der Waals surface area (Å²) in [4.78, 5) is 22.2. The van der Waals surface area contributed by atoms with Crippen LogP contribution < -0.4 is 0 Å². The van der Waals surface area contributed by atoms with Crippen LogP contribution in [0.4, 0.5) is 0 Å². The van der Waals surface area contributed by atoms with Crippen molar-refractivity contribution in [2.45, 2.75) is 18.9 Å². The second-order valence-corrected chi connectivity index (χ2v) is 10.0. The molecule has 8 nitrogen and oxygen atoms in total. The molecule has 2 aromatic carbocycles. The molecule has 0 bridgehead atoms. The van der Waals surface area contributed by atoms with E-state index in [-0.39, 0.29) is 5.91 Å². The van der Waals surface area contributed by atoms with Crippen LogP contribution in [0.5, 0.6) is 0 Å². The molecule has 5 heterocycles. The van der Waals surface area contributed by atoms with Crippen LogP contribution in [-0.4, -0.2) is 75.7 Å². The second-order valence-electron chi connectivity index (χ2n) is 10.0. The molecule has 2 aliphatic heterocycles. The Morgan fingerprint density at radius 3 is 2.47 bits per heavy atom. The average Bonchev–Trinajstić information content (AvgIpc) is 3.61. The predicted molar refractivity (Wildman–Crippen MR) is 145 cm³/mol. The summed E-state index contributed by atoms with van der Waals surface area (Å²) < 4.78 is 13.4. The third-order valence-electron chi connectivity index (χ3n) is 7.78. The molecule has 0 aliphatic carbocycles. The lowest BCUT2D eigenvalue weighted by molar-refractivity contribution is 0.00159. The van der Waals surface area contributed by atoms with E-state index in [1.165, 1.54) is 0 Å². The normalized spacial score (nSPS) is 17.4. The smallest absolute Gasteiger partial charge is 0.253 e. The molecule has 2 aliphatic rings. The molecule has 2 saturated heterocycles. The number of benzene rings is 2. The van der Waals surface area contributed by atoms with Crippen LogP contribution in [0.1, 0.15) is 23.2 Å². The third-order valence-corrected chi connectivity index (χ3v) is 7.78. The van der Waals surface area contributed by atoms with E-state index in [0.29, 0.717) is 11.6 Å². The van der Waals surface area contributed by atoms with Gasteiger partial charge in [0.05, 0.1) is 25.1 Å². The van der Waals surface area contributed by atoms with Crippen molar-refractivity contribution in [1.82, 2.24) is 24.4 Å². The number of para-hydroxylation sites is 1. The van der Waals surface area contributed by atoms with Crippen molar-refractivity contribution >= 4 is 22.5 Å². The number of rotatable bonds is 4. The van der Waals surface area contributed by atoms with Gasteiger partial charge in [-0.05, 0) is 49.2 Å². The van der Waals surface area contributed by atoms with Crippen molar-refractivity contribution in [3.05, 3.63) is 78.5 Å². The van der Waals surface area contributed by atoms with Gasteiger partial charge in [-0.15, -0.1) is 0 Å². The zero-order valence-corrected chi connectivity index (χ0v) is 21.1. The monoisotopic (exact) mass is 507 g/mol. The minimum atomic E-state index is 0.0992. The number of furan rings is 1. The van der Waals surface area contributed by atoms with Crippen molar-refractivity contribution in [2.24, 2.45) is 0 Å². The van der Waals surface area contributed by atoms with E-state index < -0.39 is 0 Å². The summed E-state index contributed by atoms with van der Waals surface area (Å²) in [6.45, 7) is 5.22. The number of nitrogens with zero attached hydrogens (tertiary/aromatic N) is 5. The SMILES string of the molecule is O=C(c1ccc(-c2ccc3ncc(-c4cc5ccccc5o4)n3n2)cc1)N1CCC(N2CCOCC2)CC1. The highest BCUT2D eigenvalue weighted by Crippen LogP contribution is 2.29. The number of likely N-dealkylation sites (tertiary alicyclic amines) is 1. The Morgan fingerprint density at radius 2 is 1.68 bits per heavy atom. The Morgan fingerprint density at radius 1 is 0.895 bits per heavy atom. The summed E-state index contributed by atoms with van der Waals surface area (Å²) in [6, 6.07) is 22.2. The molecule has 0 atom stereocenters. The number of carbonyl (C=O) groups excluding carboxylic acids is 1. The van der Waals surface area contributed by atoms with E-state index in [4.69, 9.17) is 14.3 Å². The molecule has 0 radical (unpaired) electrons. The number of morpholine rings is 1. The number of hydrogen-bond acceptors (Lipinski definition) is 6. The van der Waals surface area contributed by atoms with Gasteiger partial charge in [-0.3, -0.25) is 9.69 Å². The summed E-state index contributed by atoms with van der Waals surface area (Å²) >= 11 is 0. The van der Waals surface area contributed by atoms with Crippen LogP contribution in [0.25, 0.3) is 39.3 Å². The molecule has 0 saturated carbocycles. The maximum Gasteiger partial charge on any atom is 0.253 e. The topological polar surface area (TPSA) is 76.1 Å². The first-order valence-electron chi connectivity index (χ1n) is 13.3. The second kappa shape index (κ2) is 9.70. The molecule has 38 heavy (non-hydrogen) atoms. The summed E-state index contributed by atoms with van der Waals surface area (Å²) in [5.74, 6) is 0.823. The van der Waals surface area contributed by atoms with Gasteiger partial charge in [0.1, 0.15) is 11.3 Å². The molecule has 0 spiro atoms.